The van der Waals surface area contributed by atoms with Crippen molar-refractivity contribution in [3.8, 4) is 0 Å². The summed E-state index contributed by atoms with van der Waals surface area (Å²) in [5, 5.41) is 3.41. The lowest BCUT2D eigenvalue weighted by atomic mass is 9.96. The Morgan fingerprint density at radius 3 is 2.30 bits per heavy atom. The van der Waals surface area contributed by atoms with Crippen molar-refractivity contribution in [2.75, 3.05) is 32.7 Å². The first-order valence-corrected chi connectivity index (χ1v) is 7.89. The zero-order valence-corrected chi connectivity index (χ0v) is 12.8. The highest BCUT2D eigenvalue weighted by molar-refractivity contribution is 4.76. The second kappa shape index (κ2) is 8.88. The second-order valence-electron chi connectivity index (χ2n) is 6.32. The van der Waals surface area contributed by atoms with Crippen LogP contribution in [0.4, 0.5) is 13.2 Å². The highest BCUT2D eigenvalue weighted by atomic mass is 19.4. The van der Waals surface area contributed by atoms with Gasteiger partial charge in [0.25, 0.3) is 0 Å². The smallest absolute Gasteiger partial charge is 0.316 e. The molecule has 1 rings (SSSR count). The van der Waals surface area contributed by atoms with E-state index in [1.54, 1.807) is 0 Å². The quantitative estimate of drug-likeness (QED) is 0.687. The Labute approximate surface area is 121 Å². The lowest BCUT2D eigenvalue weighted by molar-refractivity contribution is -0.185. The average molecular weight is 294 g/mol. The van der Waals surface area contributed by atoms with Crippen molar-refractivity contribution in [3.05, 3.63) is 0 Å². The summed E-state index contributed by atoms with van der Waals surface area (Å²) in [5.74, 6) is -0.385. The van der Waals surface area contributed by atoms with Crippen LogP contribution in [0.15, 0.2) is 0 Å². The van der Waals surface area contributed by atoms with Crippen molar-refractivity contribution >= 4 is 0 Å². The molecule has 5 heteroatoms. The van der Waals surface area contributed by atoms with Gasteiger partial charge in [0.1, 0.15) is 0 Å². The minimum atomic E-state index is -3.99. The molecule has 0 amide bonds. The van der Waals surface area contributed by atoms with Crippen LogP contribution < -0.4 is 5.32 Å². The van der Waals surface area contributed by atoms with Gasteiger partial charge in [-0.15, -0.1) is 0 Å². The highest BCUT2D eigenvalue weighted by Crippen LogP contribution is 2.34. The van der Waals surface area contributed by atoms with Gasteiger partial charge >= 0.3 is 6.18 Å². The number of alkyl halides is 3. The van der Waals surface area contributed by atoms with E-state index in [2.05, 4.69) is 24.1 Å². The molecule has 0 atom stereocenters. The fourth-order valence-electron chi connectivity index (χ4n) is 2.64. The van der Waals surface area contributed by atoms with Crippen LogP contribution in [0, 0.1) is 11.8 Å². The molecule has 1 saturated heterocycles. The summed E-state index contributed by atoms with van der Waals surface area (Å²) in [6.07, 6.45) is -0.0247. The molecule has 0 radical (unpaired) electrons. The maximum Gasteiger partial charge on any atom is 0.391 e. The number of halogens is 3. The average Bonchev–Trinajstić information content (AvgIpc) is 2.37. The lowest BCUT2D eigenvalue weighted by Crippen LogP contribution is -2.39. The Bertz CT molecular complexity index is 246. The van der Waals surface area contributed by atoms with E-state index in [4.69, 9.17) is 0 Å². The van der Waals surface area contributed by atoms with Crippen LogP contribution in [-0.4, -0.2) is 43.8 Å². The molecule has 1 N–H and O–H groups in total. The van der Waals surface area contributed by atoms with Gasteiger partial charge in [0.15, 0.2) is 0 Å². The first-order valence-electron chi connectivity index (χ1n) is 7.89. The van der Waals surface area contributed by atoms with E-state index in [0.29, 0.717) is 19.0 Å². The number of unbranched alkanes of at least 4 members (excludes halogenated alkanes) is 2. The van der Waals surface area contributed by atoms with Gasteiger partial charge in [-0.05, 0) is 64.3 Å². The maximum absolute atomic E-state index is 12.5. The molecule has 1 fully saturated rings. The van der Waals surface area contributed by atoms with E-state index in [9.17, 15) is 13.2 Å². The summed E-state index contributed by atoms with van der Waals surface area (Å²) in [7, 11) is 0. The van der Waals surface area contributed by atoms with Gasteiger partial charge in [0, 0.05) is 0 Å². The number of nitrogens with one attached hydrogen (secondary N) is 1. The number of rotatable bonds is 8. The van der Waals surface area contributed by atoms with Crippen LogP contribution in [0.1, 0.15) is 46.0 Å². The largest absolute Gasteiger partial charge is 0.391 e. The molecule has 0 bridgehead atoms. The molecule has 1 aliphatic heterocycles. The summed E-state index contributed by atoms with van der Waals surface area (Å²) in [6, 6.07) is 0. The van der Waals surface area contributed by atoms with Crippen LogP contribution in [0.2, 0.25) is 0 Å². The maximum atomic E-state index is 12.5. The Morgan fingerprint density at radius 1 is 1.10 bits per heavy atom. The number of piperidine rings is 1. The van der Waals surface area contributed by atoms with Gasteiger partial charge in [0.2, 0.25) is 0 Å². The molecule has 0 aliphatic carbocycles. The van der Waals surface area contributed by atoms with Gasteiger partial charge in [0.05, 0.1) is 5.92 Å². The molecule has 0 aromatic carbocycles. The van der Waals surface area contributed by atoms with E-state index in [1.165, 1.54) is 0 Å². The third-order valence-corrected chi connectivity index (χ3v) is 3.93. The number of hydrogen-bond acceptors (Lipinski definition) is 2. The van der Waals surface area contributed by atoms with Crippen molar-refractivity contribution in [1.82, 2.24) is 10.2 Å². The van der Waals surface area contributed by atoms with Crippen molar-refractivity contribution in [2.45, 2.75) is 52.1 Å². The normalized spacial score (nSPS) is 18.9. The summed E-state index contributed by atoms with van der Waals surface area (Å²) in [4.78, 5) is 2.18. The highest BCUT2D eigenvalue weighted by Gasteiger charge is 2.40. The van der Waals surface area contributed by atoms with Crippen LogP contribution >= 0.6 is 0 Å². The van der Waals surface area contributed by atoms with Crippen molar-refractivity contribution in [1.29, 1.82) is 0 Å². The topological polar surface area (TPSA) is 15.3 Å². The predicted octanol–water partition coefficient (Wildman–Crippen LogP) is 3.68. The molecule has 2 nitrogen and oxygen atoms in total. The Hall–Kier alpha value is -0.290. The molecule has 0 spiro atoms. The predicted molar refractivity (Wildman–Crippen MR) is 76.8 cm³/mol. The van der Waals surface area contributed by atoms with Crippen LogP contribution in [0.5, 0.6) is 0 Å². The van der Waals surface area contributed by atoms with Crippen LogP contribution in [0.3, 0.4) is 0 Å². The Kier molecular flexibility index (Phi) is 7.88. The summed E-state index contributed by atoms with van der Waals surface area (Å²) in [6.45, 7) is 8.66. The van der Waals surface area contributed by atoms with E-state index >= 15 is 0 Å². The number of nitrogens with zero attached hydrogens (tertiary/aromatic N) is 1. The molecule has 120 valence electrons. The molecule has 1 aliphatic rings. The third-order valence-electron chi connectivity index (χ3n) is 3.93. The molecule has 0 aromatic heterocycles. The minimum Gasteiger partial charge on any atom is -0.316 e. The standard InChI is InChI=1S/C15H29F3N2/c1-13(2)12-19-8-4-3-5-9-20-10-6-14(7-11-20)15(16,17)18/h13-14,19H,3-12H2,1-2H3. The number of likely N-dealkylation sites (tertiary alicyclic amines) is 1. The zero-order chi connectivity index (χ0) is 15.0. The van der Waals surface area contributed by atoms with Crippen molar-refractivity contribution in [3.63, 3.8) is 0 Å². The molecular weight excluding hydrogens is 265 g/mol. The summed E-state index contributed by atoms with van der Waals surface area (Å²) < 4.78 is 37.6. The summed E-state index contributed by atoms with van der Waals surface area (Å²) >= 11 is 0. The Morgan fingerprint density at radius 2 is 1.75 bits per heavy atom. The number of hydrogen-bond donors (Lipinski definition) is 1. The first kappa shape index (κ1) is 17.8. The zero-order valence-electron chi connectivity index (χ0n) is 12.8. The monoisotopic (exact) mass is 294 g/mol. The van der Waals surface area contributed by atoms with Crippen LogP contribution in [0.25, 0.3) is 0 Å². The van der Waals surface area contributed by atoms with Crippen LogP contribution in [-0.2, 0) is 0 Å². The summed E-state index contributed by atoms with van der Waals surface area (Å²) in [5.41, 5.74) is 0. The van der Waals surface area contributed by atoms with Gasteiger partial charge in [-0.25, -0.2) is 0 Å². The molecule has 1 heterocycles. The van der Waals surface area contributed by atoms with Crippen molar-refractivity contribution in [2.24, 2.45) is 11.8 Å². The Balaban J connectivity index is 1.97. The van der Waals surface area contributed by atoms with Gasteiger partial charge < -0.3 is 10.2 Å². The van der Waals surface area contributed by atoms with E-state index < -0.39 is 12.1 Å². The first-order chi connectivity index (χ1) is 9.39. The molecular formula is C15H29F3N2. The van der Waals surface area contributed by atoms with Crippen molar-refractivity contribution < 1.29 is 13.2 Å². The molecule has 0 aromatic rings. The molecule has 0 saturated carbocycles. The molecule has 0 unspecified atom stereocenters. The van der Waals surface area contributed by atoms with Gasteiger partial charge in [-0.2, -0.15) is 13.2 Å². The van der Waals surface area contributed by atoms with Gasteiger partial charge in [-0.3, -0.25) is 0 Å². The van der Waals surface area contributed by atoms with E-state index in [0.717, 1.165) is 38.9 Å². The SMILES string of the molecule is CC(C)CNCCCCCN1CCC(C(F)(F)F)CC1. The third kappa shape index (κ3) is 7.48. The van der Waals surface area contributed by atoms with Gasteiger partial charge in [-0.1, -0.05) is 20.3 Å². The van der Waals surface area contributed by atoms with E-state index in [1.807, 2.05) is 0 Å². The lowest BCUT2D eigenvalue weighted by Gasteiger charge is -2.32. The fraction of sp³-hybridized carbons (Fsp3) is 1.00. The molecule has 20 heavy (non-hydrogen) atoms. The van der Waals surface area contributed by atoms with E-state index in [-0.39, 0.29) is 12.8 Å². The fourth-order valence-corrected chi connectivity index (χ4v) is 2.64. The second-order valence-corrected chi connectivity index (χ2v) is 6.32. The minimum absolute atomic E-state index is 0.277.